The first-order valence-corrected chi connectivity index (χ1v) is 6.90. The molecule has 0 aliphatic carbocycles. The Labute approximate surface area is 130 Å². The summed E-state index contributed by atoms with van der Waals surface area (Å²) in [5, 5.41) is -0.224. The van der Waals surface area contributed by atoms with Crippen molar-refractivity contribution < 1.29 is 17.9 Å². The Balaban J connectivity index is 2.11. The smallest absolute Gasteiger partial charge is 0.387 e. The van der Waals surface area contributed by atoms with Gasteiger partial charge in [0.15, 0.2) is 0 Å². The summed E-state index contributed by atoms with van der Waals surface area (Å²) in [7, 11) is 0. The van der Waals surface area contributed by atoms with Gasteiger partial charge in [-0.15, -0.1) is 11.6 Å². The lowest BCUT2D eigenvalue weighted by molar-refractivity contribution is -0.0498. The molecule has 0 saturated carbocycles. The van der Waals surface area contributed by atoms with E-state index in [1.165, 1.54) is 24.3 Å². The molecule has 0 spiro atoms. The van der Waals surface area contributed by atoms with Crippen LogP contribution in [0.4, 0.5) is 13.2 Å². The summed E-state index contributed by atoms with van der Waals surface area (Å²) in [6.07, 6.45) is 0.197. The molecule has 1 nitrogen and oxygen atoms in total. The topological polar surface area (TPSA) is 9.23 Å². The molecular weight excluding hydrogens is 324 g/mol. The molecule has 0 saturated heterocycles. The van der Waals surface area contributed by atoms with Crippen LogP contribution in [0.5, 0.6) is 5.75 Å². The number of hydrogen-bond donors (Lipinski definition) is 0. The van der Waals surface area contributed by atoms with Gasteiger partial charge in [0.1, 0.15) is 11.6 Å². The first-order chi connectivity index (χ1) is 9.97. The van der Waals surface area contributed by atoms with Crippen LogP contribution in [0.1, 0.15) is 16.5 Å². The summed E-state index contributed by atoms with van der Waals surface area (Å²) in [4.78, 5) is 0. The lowest BCUT2D eigenvalue weighted by atomic mass is 10.0. The first-order valence-electron chi connectivity index (χ1n) is 6.09. The molecule has 0 aliphatic heterocycles. The number of hydrogen-bond acceptors (Lipinski definition) is 1. The fourth-order valence-electron chi connectivity index (χ4n) is 1.88. The summed E-state index contributed by atoms with van der Waals surface area (Å²) >= 11 is 12.2. The lowest BCUT2D eigenvalue weighted by Crippen LogP contribution is -2.03. The Morgan fingerprint density at radius 1 is 1.05 bits per heavy atom. The van der Waals surface area contributed by atoms with E-state index in [0.717, 1.165) is 0 Å². The Hall–Kier alpha value is -1.39. The van der Waals surface area contributed by atoms with Crippen LogP contribution in [0.2, 0.25) is 5.02 Å². The number of rotatable bonds is 5. The second-order valence-electron chi connectivity index (χ2n) is 4.32. The first kappa shape index (κ1) is 16.0. The van der Waals surface area contributed by atoms with E-state index in [4.69, 9.17) is 23.2 Å². The van der Waals surface area contributed by atoms with Crippen molar-refractivity contribution in [3.8, 4) is 5.75 Å². The average Bonchev–Trinajstić information content (AvgIpc) is 2.43. The molecule has 21 heavy (non-hydrogen) atoms. The standard InChI is InChI=1S/C15H11Cl2F3O/c16-12-2-1-3-14(18)11(12)8-13(17)9-4-6-10(7-5-9)21-15(19)20/h1-7,13,15H,8H2. The van der Waals surface area contributed by atoms with Gasteiger partial charge in [0.25, 0.3) is 0 Å². The van der Waals surface area contributed by atoms with Crippen LogP contribution in [0.25, 0.3) is 0 Å². The molecule has 0 bridgehead atoms. The lowest BCUT2D eigenvalue weighted by Gasteiger charge is -2.13. The van der Waals surface area contributed by atoms with Crippen LogP contribution < -0.4 is 4.74 Å². The SMILES string of the molecule is Fc1cccc(Cl)c1CC(Cl)c1ccc(OC(F)F)cc1. The van der Waals surface area contributed by atoms with Crippen molar-refractivity contribution in [3.63, 3.8) is 0 Å². The van der Waals surface area contributed by atoms with Crippen LogP contribution >= 0.6 is 23.2 Å². The van der Waals surface area contributed by atoms with E-state index in [0.29, 0.717) is 16.1 Å². The molecule has 0 aromatic heterocycles. The molecule has 112 valence electrons. The van der Waals surface area contributed by atoms with Crippen LogP contribution in [-0.4, -0.2) is 6.61 Å². The van der Waals surface area contributed by atoms with Crippen molar-refractivity contribution in [2.75, 3.05) is 0 Å². The van der Waals surface area contributed by atoms with Gasteiger partial charge in [-0.2, -0.15) is 8.78 Å². The molecule has 1 unspecified atom stereocenters. The maximum absolute atomic E-state index is 13.7. The van der Waals surface area contributed by atoms with E-state index in [2.05, 4.69) is 4.74 Å². The maximum Gasteiger partial charge on any atom is 0.387 e. The molecule has 1 atom stereocenters. The molecule has 0 heterocycles. The summed E-state index contributed by atoms with van der Waals surface area (Å²) in [5.41, 5.74) is 0.990. The Morgan fingerprint density at radius 2 is 1.71 bits per heavy atom. The van der Waals surface area contributed by atoms with Crippen molar-refractivity contribution >= 4 is 23.2 Å². The highest BCUT2D eigenvalue weighted by Gasteiger charge is 2.15. The van der Waals surface area contributed by atoms with Gasteiger partial charge in [0, 0.05) is 10.6 Å². The van der Waals surface area contributed by atoms with Gasteiger partial charge >= 0.3 is 6.61 Å². The van der Waals surface area contributed by atoms with Crippen LogP contribution in [-0.2, 0) is 6.42 Å². The van der Waals surface area contributed by atoms with E-state index < -0.39 is 17.8 Å². The second kappa shape index (κ2) is 7.05. The van der Waals surface area contributed by atoms with Gasteiger partial charge in [-0.05, 0) is 36.2 Å². The predicted octanol–water partition coefficient (Wildman–Crippen LogP) is 5.60. The third kappa shape index (κ3) is 4.29. The third-order valence-corrected chi connectivity index (χ3v) is 3.67. The van der Waals surface area contributed by atoms with Gasteiger partial charge in [-0.3, -0.25) is 0 Å². The highest BCUT2D eigenvalue weighted by molar-refractivity contribution is 6.31. The molecule has 0 radical (unpaired) electrons. The molecule has 0 N–H and O–H groups in total. The van der Waals surface area contributed by atoms with E-state index in [1.54, 1.807) is 18.2 Å². The zero-order valence-electron chi connectivity index (χ0n) is 10.7. The zero-order valence-corrected chi connectivity index (χ0v) is 12.2. The molecule has 6 heteroatoms. The number of benzene rings is 2. The Morgan fingerprint density at radius 3 is 2.29 bits per heavy atom. The van der Waals surface area contributed by atoms with E-state index in [1.807, 2.05) is 0 Å². The van der Waals surface area contributed by atoms with E-state index in [9.17, 15) is 13.2 Å². The third-order valence-electron chi connectivity index (χ3n) is 2.91. The van der Waals surface area contributed by atoms with E-state index in [-0.39, 0.29) is 12.2 Å². The summed E-state index contributed by atoms with van der Waals surface area (Å²) in [5.74, 6) is -0.382. The van der Waals surface area contributed by atoms with Crippen molar-refractivity contribution in [1.29, 1.82) is 0 Å². The maximum atomic E-state index is 13.7. The predicted molar refractivity (Wildman–Crippen MR) is 76.8 cm³/mol. The molecule has 2 aromatic rings. The van der Waals surface area contributed by atoms with Gasteiger partial charge in [0.2, 0.25) is 0 Å². The monoisotopic (exact) mass is 334 g/mol. The highest BCUT2D eigenvalue weighted by Crippen LogP contribution is 2.30. The quantitative estimate of drug-likeness (QED) is 0.646. The fraction of sp³-hybridized carbons (Fsp3) is 0.200. The summed E-state index contributed by atoms with van der Waals surface area (Å²) in [6.45, 7) is -2.88. The largest absolute Gasteiger partial charge is 0.435 e. The molecule has 0 fully saturated rings. The van der Waals surface area contributed by atoms with Crippen LogP contribution in [0.15, 0.2) is 42.5 Å². The minimum absolute atomic E-state index is 0.0431. The molecule has 2 rings (SSSR count). The van der Waals surface area contributed by atoms with E-state index >= 15 is 0 Å². The summed E-state index contributed by atoms with van der Waals surface area (Å²) in [6, 6.07) is 10.3. The van der Waals surface area contributed by atoms with Crippen molar-refractivity contribution in [2.24, 2.45) is 0 Å². The van der Waals surface area contributed by atoms with Gasteiger partial charge in [0.05, 0.1) is 5.38 Å². The van der Waals surface area contributed by atoms with Gasteiger partial charge in [-0.25, -0.2) is 4.39 Å². The van der Waals surface area contributed by atoms with Crippen LogP contribution in [0, 0.1) is 5.82 Å². The fourth-order valence-corrected chi connectivity index (χ4v) is 2.42. The molecule has 2 aromatic carbocycles. The minimum Gasteiger partial charge on any atom is -0.435 e. The number of alkyl halides is 3. The Kier molecular flexibility index (Phi) is 5.37. The minimum atomic E-state index is -2.88. The second-order valence-corrected chi connectivity index (χ2v) is 5.25. The molecular formula is C15H11Cl2F3O. The average molecular weight is 335 g/mol. The van der Waals surface area contributed by atoms with Gasteiger partial charge < -0.3 is 4.74 Å². The zero-order chi connectivity index (χ0) is 15.4. The highest BCUT2D eigenvalue weighted by atomic mass is 35.5. The normalized spacial score (nSPS) is 12.5. The van der Waals surface area contributed by atoms with Crippen molar-refractivity contribution in [2.45, 2.75) is 18.4 Å². The molecule has 0 aliphatic rings. The van der Waals surface area contributed by atoms with Gasteiger partial charge in [-0.1, -0.05) is 29.8 Å². The van der Waals surface area contributed by atoms with Crippen LogP contribution in [0.3, 0.4) is 0 Å². The summed E-state index contributed by atoms with van der Waals surface area (Å²) < 4.78 is 42.0. The number of ether oxygens (including phenoxy) is 1. The molecule has 0 amide bonds. The Bertz CT molecular complexity index is 582. The van der Waals surface area contributed by atoms with Crippen molar-refractivity contribution in [3.05, 3.63) is 64.4 Å². The number of halogens is 5. The van der Waals surface area contributed by atoms with Crippen molar-refractivity contribution in [1.82, 2.24) is 0 Å².